The second-order valence-corrected chi connectivity index (χ2v) is 8.18. The number of rotatable bonds is 4. The normalized spacial score (nSPS) is 10.6. The summed E-state index contributed by atoms with van der Waals surface area (Å²) in [5, 5.41) is 1.97. The minimum atomic E-state index is -0.412. The van der Waals surface area contributed by atoms with E-state index in [4.69, 9.17) is 0 Å². The van der Waals surface area contributed by atoms with Crippen molar-refractivity contribution in [2.75, 3.05) is 0 Å². The first-order valence-electron chi connectivity index (χ1n) is 5.85. The van der Waals surface area contributed by atoms with Crippen LogP contribution in [0.25, 0.3) is 0 Å². The van der Waals surface area contributed by atoms with Gasteiger partial charge in [-0.15, -0.1) is 0 Å². The van der Waals surface area contributed by atoms with Crippen molar-refractivity contribution >= 4 is 41.7 Å². The van der Waals surface area contributed by atoms with Gasteiger partial charge in [0.15, 0.2) is 0 Å². The van der Waals surface area contributed by atoms with Crippen molar-refractivity contribution < 1.29 is 4.79 Å². The second-order valence-electron chi connectivity index (χ2n) is 4.42. The number of carbonyl (C=O) groups is 1. The van der Waals surface area contributed by atoms with E-state index in [0.29, 0.717) is 5.78 Å². The molecule has 0 spiro atoms. The molecule has 0 N–H and O–H groups in total. The zero-order chi connectivity index (χ0) is 13.1. The average molecular weight is 372 g/mol. The minimum absolute atomic E-state index is 0.312. The molecule has 1 nitrogen and oxygen atoms in total. The third kappa shape index (κ3) is 3.23. The van der Waals surface area contributed by atoms with E-state index in [1.165, 1.54) is 20.3 Å². The quantitative estimate of drug-likeness (QED) is 0.595. The van der Waals surface area contributed by atoms with E-state index in [1.54, 1.807) is 11.3 Å². The van der Waals surface area contributed by atoms with Crippen molar-refractivity contribution in [3.8, 4) is 0 Å². The molecule has 0 aliphatic carbocycles. The van der Waals surface area contributed by atoms with E-state index in [1.807, 2.05) is 17.5 Å². The molecule has 0 aliphatic rings. The fourth-order valence-corrected chi connectivity index (χ4v) is 5.86. The average Bonchev–Trinajstić information content (AvgIpc) is 2.80. The van der Waals surface area contributed by atoms with Crippen molar-refractivity contribution in [1.29, 1.82) is 0 Å². The van der Waals surface area contributed by atoms with Crippen LogP contribution in [0.5, 0.6) is 0 Å². The molecule has 0 atom stereocenters. The monoisotopic (exact) mass is 374 g/mol. The molecule has 1 aromatic carbocycles. The third-order valence-corrected chi connectivity index (χ3v) is 7.48. The molecule has 0 radical (unpaired) electrons. The van der Waals surface area contributed by atoms with Gasteiger partial charge in [0.2, 0.25) is 0 Å². The van der Waals surface area contributed by atoms with Gasteiger partial charge in [-0.1, -0.05) is 0 Å². The first-order valence-corrected chi connectivity index (χ1v) is 9.54. The molecule has 0 aliphatic heterocycles. The Labute approximate surface area is 122 Å². The topological polar surface area (TPSA) is 17.1 Å². The number of ketones is 1. The number of hydrogen-bond donors (Lipinski definition) is 0. The Bertz CT molecular complexity index is 535. The molecule has 3 heteroatoms. The molecule has 2 aromatic rings. The molecular weight excluding hydrogens is 356 g/mol. The fourth-order valence-electron chi connectivity index (χ4n) is 2.04. The molecule has 1 aromatic heterocycles. The zero-order valence-corrected chi connectivity index (χ0v) is 14.0. The van der Waals surface area contributed by atoms with Crippen LogP contribution in [0.4, 0.5) is 0 Å². The van der Waals surface area contributed by atoms with Gasteiger partial charge >= 0.3 is 123 Å². The van der Waals surface area contributed by atoms with Crippen LogP contribution in [0, 0.1) is 20.8 Å². The van der Waals surface area contributed by atoms with Crippen LogP contribution in [0.1, 0.15) is 26.4 Å². The van der Waals surface area contributed by atoms with Crippen molar-refractivity contribution in [2.45, 2.75) is 25.2 Å². The summed E-state index contributed by atoms with van der Waals surface area (Å²) in [6, 6.07) is 8.32. The predicted molar refractivity (Wildman–Crippen MR) is 79.5 cm³/mol. The van der Waals surface area contributed by atoms with Crippen LogP contribution in [0.2, 0.25) is 4.47 Å². The van der Waals surface area contributed by atoms with Gasteiger partial charge in [0.1, 0.15) is 0 Å². The van der Waals surface area contributed by atoms with Gasteiger partial charge in [-0.3, -0.25) is 0 Å². The van der Waals surface area contributed by atoms with Gasteiger partial charge in [0.05, 0.1) is 0 Å². The van der Waals surface area contributed by atoms with Crippen molar-refractivity contribution in [3.63, 3.8) is 0 Å². The van der Waals surface area contributed by atoms with Crippen molar-refractivity contribution in [2.24, 2.45) is 0 Å². The SMILES string of the molecule is Cc1cc(C)c([Te]CC(=O)c2cccs2)c(C)c1. The molecule has 0 bridgehead atoms. The summed E-state index contributed by atoms with van der Waals surface area (Å²) in [6.07, 6.45) is 0. The number of hydrogen-bond acceptors (Lipinski definition) is 2. The third-order valence-electron chi connectivity index (χ3n) is 2.75. The molecule has 94 valence electrons. The Morgan fingerprint density at radius 1 is 1.22 bits per heavy atom. The Hall–Kier alpha value is -0.620. The molecule has 0 saturated carbocycles. The molecule has 0 saturated heterocycles. The summed E-state index contributed by atoms with van der Waals surface area (Å²) >= 11 is 1.14. The van der Waals surface area contributed by atoms with Crippen molar-refractivity contribution in [3.05, 3.63) is 51.2 Å². The van der Waals surface area contributed by atoms with Crippen molar-refractivity contribution in [1.82, 2.24) is 0 Å². The predicted octanol–water partition coefficient (Wildman–Crippen LogP) is 3.30. The Balaban J connectivity index is 2.09. The van der Waals surface area contributed by atoms with Crippen LogP contribution < -0.4 is 3.61 Å². The molecule has 1 heterocycles. The summed E-state index contributed by atoms with van der Waals surface area (Å²) in [7, 11) is 0. The van der Waals surface area contributed by atoms with Crippen LogP contribution in [0.3, 0.4) is 0 Å². The Morgan fingerprint density at radius 3 is 2.44 bits per heavy atom. The fraction of sp³-hybridized carbons (Fsp3) is 0.267. The van der Waals surface area contributed by atoms with E-state index in [2.05, 4.69) is 32.9 Å². The molecule has 2 rings (SSSR count). The van der Waals surface area contributed by atoms with Crippen LogP contribution >= 0.6 is 11.3 Å². The molecule has 0 fully saturated rings. The Kier molecular flexibility index (Phi) is 4.61. The number of benzene rings is 1. The van der Waals surface area contributed by atoms with E-state index >= 15 is 0 Å². The van der Waals surface area contributed by atoms with Gasteiger partial charge in [0.25, 0.3) is 0 Å². The molecule has 18 heavy (non-hydrogen) atoms. The van der Waals surface area contributed by atoms with Crippen LogP contribution in [0.15, 0.2) is 29.6 Å². The number of carbonyl (C=O) groups excluding carboxylic acids is 1. The zero-order valence-electron chi connectivity index (χ0n) is 10.8. The van der Waals surface area contributed by atoms with E-state index < -0.39 is 20.9 Å². The number of aryl methyl sites for hydroxylation is 3. The first-order chi connectivity index (χ1) is 8.58. The van der Waals surface area contributed by atoms with Gasteiger partial charge < -0.3 is 0 Å². The number of Topliss-reactive ketones (excluding diaryl/α,β-unsaturated/α-hetero) is 1. The van der Waals surface area contributed by atoms with Gasteiger partial charge in [-0.2, -0.15) is 0 Å². The van der Waals surface area contributed by atoms with Gasteiger partial charge in [-0.05, 0) is 0 Å². The van der Waals surface area contributed by atoms with E-state index in [9.17, 15) is 4.79 Å². The standard InChI is InChI=1S/C15H16OSTe/c1-10-7-11(2)15(12(3)8-10)18-9-13(16)14-5-4-6-17-14/h4-8H,9H2,1-3H3. The summed E-state index contributed by atoms with van der Waals surface area (Å²) in [4.78, 5) is 12.9. The van der Waals surface area contributed by atoms with Crippen LogP contribution in [-0.2, 0) is 0 Å². The van der Waals surface area contributed by atoms with E-state index in [-0.39, 0.29) is 0 Å². The maximum atomic E-state index is 12.0. The van der Waals surface area contributed by atoms with E-state index in [0.717, 1.165) is 9.35 Å². The van der Waals surface area contributed by atoms with Gasteiger partial charge in [-0.25, -0.2) is 0 Å². The summed E-state index contributed by atoms with van der Waals surface area (Å²) < 4.78 is 2.19. The van der Waals surface area contributed by atoms with Crippen LogP contribution in [-0.4, -0.2) is 26.7 Å². The maximum absolute atomic E-state index is 12.0. The first kappa shape index (κ1) is 13.8. The second kappa shape index (κ2) is 6.01. The molecule has 0 unspecified atom stereocenters. The molecular formula is C15H16OSTe. The number of thiophene rings is 1. The summed E-state index contributed by atoms with van der Waals surface area (Å²) in [5.74, 6) is 0.312. The molecule has 0 amide bonds. The van der Waals surface area contributed by atoms with Gasteiger partial charge in [0, 0.05) is 0 Å². The summed E-state index contributed by atoms with van der Waals surface area (Å²) in [5.41, 5.74) is 4.02. The Morgan fingerprint density at radius 2 is 1.89 bits per heavy atom. The summed E-state index contributed by atoms with van der Waals surface area (Å²) in [6.45, 7) is 6.45.